The van der Waals surface area contributed by atoms with Gasteiger partial charge in [-0.15, -0.1) is 5.10 Å². The second-order valence-electron chi connectivity index (χ2n) is 7.58. The fourth-order valence-corrected chi connectivity index (χ4v) is 3.83. The summed E-state index contributed by atoms with van der Waals surface area (Å²) < 4.78 is 26.4. The van der Waals surface area contributed by atoms with Crippen LogP contribution in [0, 0.1) is 5.82 Å². The van der Waals surface area contributed by atoms with Crippen LogP contribution in [0.5, 0.6) is 11.5 Å². The summed E-state index contributed by atoms with van der Waals surface area (Å²) in [5.41, 5.74) is 1.27. The third-order valence-corrected chi connectivity index (χ3v) is 5.47. The van der Waals surface area contributed by atoms with E-state index in [0.29, 0.717) is 50.8 Å². The molecule has 2 aromatic carbocycles. The largest absolute Gasteiger partial charge is 0.486 e. The number of hydrogen-bond donors (Lipinski definition) is 0. The number of nitrogens with zero attached hydrogens (tertiary/aromatic N) is 5. The number of anilines is 1. The molecule has 1 atom stereocenters. The Labute approximate surface area is 178 Å². The van der Waals surface area contributed by atoms with Crippen molar-refractivity contribution in [3.05, 3.63) is 66.2 Å². The summed E-state index contributed by atoms with van der Waals surface area (Å²) in [7, 11) is 0. The summed E-state index contributed by atoms with van der Waals surface area (Å²) >= 11 is 0. The molecule has 1 aromatic heterocycles. The van der Waals surface area contributed by atoms with Crippen LogP contribution in [0.2, 0.25) is 0 Å². The molecule has 1 unspecified atom stereocenters. The first-order chi connectivity index (χ1) is 15.2. The Morgan fingerprint density at radius 2 is 1.77 bits per heavy atom. The minimum absolute atomic E-state index is 0.142. The fourth-order valence-electron chi connectivity index (χ4n) is 3.83. The van der Waals surface area contributed by atoms with E-state index in [2.05, 4.69) is 15.2 Å². The first-order valence-corrected chi connectivity index (χ1v) is 10.2. The molecule has 8 nitrogen and oxygen atoms in total. The molecule has 1 fully saturated rings. The summed E-state index contributed by atoms with van der Waals surface area (Å²) in [6, 6.07) is 13.9. The molecule has 0 N–H and O–H groups in total. The number of piperazine rings is 1. The van der Waals surface area contributed by atoms with Gasteiger partial charge in [-0.1, -0.05) is 17.3 Å². The molecule has 5 rings (SSSR count). The second kappa shape index (κ2) is 8.25. The van der Waals surface area contributed by atoms with Crippen molar-refractivity contribution in [2.75, 3.05) is 37.7 Å². The molecule has 0 saturated carbocycles. The zero-order valence-electron chi connectivity index (χ0n) is 16.9. The lowest BCUT2D eigenvalue weighted by atomic mass is 10.2. The van der Waals surface area contributed by atoms with E-state index in [9.17, 15) is 9.18 Å². The van der Waals surface area contributed by atoms with Crippen LogP contribution in [-0.2, 0) is 6.54 Å². The van der Waals surface area contributed by atoms with Crippen LogP contribution in [0.1, 0.15) is 10.5 Å². The highest BCUT2D eigenvalue weighted by Crippen LogP contribution is 2.31. The Balaban J connectivity index is 1.17. The van der Waals surface area contributed by atoms with Crippen molar-refractivity contribution in [3.8, 4) is 11.5 Å². The van der Waals surface area contributed by atoms with Gasteiger partial charge < -0.3 is 19.3 Å². The van der Waals surface area contributed by atoms with Gasteiger partial charge in [0.1, 0.15) is 12.4 Å². The van der Waals surface area contributed by atoms with Crippen molar-refractivity contribution in [2.24, 2.45) is 0 Å². The number of benzene rings is 2. The molecule has 0 spiro atoms. The summed E-state index contributed by atoms with van der Waals surface area (Å²) in [5.74, 6) is 1.04. The SMILES string of the molecule is O=C(c1cn(CC2COc3ccccc3O2)nn1)N1CCN(c2ccc(F)cc2)CC1. The zero-order valence-corrected chi connectivity index (χ0v) is 16.9. The van der Waals surface area contributed by atoms with Gasteiger partial charge in [-0.25, -0.2) is 9.07 Å². The van der Waals surface area contributed by atoms with Gasteiger partial charge in [0.15, 0.2) is 23.3 Å². The molecule has 31 heavy (non-hydrogen) atoms. The average Bonchev–Trinajstić information content (AvgIpc) is 3.27. The molecular weight excluding hydrogens is 401 g/mol. The fraction of sp³-hybridized carbons (Fsp3) is 0.318. The van der Waals surface area contributed by atoms with Crippen LogP contribution >= 0.6 is 0 Å². The minimum Gasteiger partial charge on any atom is -0.486 e. The minimum atomic E-state index is -0.255. The second-order valence-corrected chi connectivity index (χ2v) is 7.58. The van der Waals surface area contributed by atoms with Crippen LogP contribution in [-0.4, -0.2) is 64.7 Å². The first kappa shape index (κ1) is 19.3. The third-order valence-electron chi connectivity index (χ3n) is 5.47. The summed E-state index contributed by atoms with van der Waals surface area (Å²) in [6.07, 6.45) is 1.44. The number of halogens is 1. The molecule has 0 bridgehead atoms. The van der Waals surface area contributed by atoms with E-state index in [4.69, 9.17) is 9.47 Å². The zero-order chi connectivity index (χ0) is 21.2. The van der Waals surface area contributed by atoms with Crippen molar-refractivity contribution in [1.82, 2.24) is 19.9 Å². The highest BCUT2D eigenvalue weighted by atomic mass is 19.1. The Hall–Kier alpha value is -3.62. The van der Waals surface area contributed by atoms with Crippen LogP contribution in [0.4, 0.5) is 10.1 Å². The lowest BCUT2D eigenvalue weighted by molar-refractivity contribution is 0.0737. The predicted molar refractivity (Wildman–Crippen MR) is 111 cm³/mol. The highest BCUT2D eigenvalue weighted by molar-refractivity contribution is 5.92. The standard InChI is InChI=1S/C22H22FN5O3/c23-16-5-7-17(8-6-16)26-9-11-27(12-10-26)22(29)19-14-28(25-24-19)13-18-15-30-20-3-1-2-4-21(20)31-18/h1-8,14,18H,9-13,15H2. The third kappa shape index (κ3) is 4.16. The highest BCUT2D eigenvalue weighted by Gasteiger charge is 2.26. The van der Waals surface area contributed by atoms with Crippen LogP contribution < -0.4 is 14.4 Å². The van der Waals surface area contributed by atoms with E-state index in [1.54, 1.807) is 27.9 Å². The van der Waals surface area contributed by atoms with Gasteiger partial charge in [-0.3, -0.25) is 4.79 Å². The van der Waals surface area contributed by atoms with E-state index in [1.165, 1.54) is 12.1 Å². The molecule has 3 aromatic rings. The number of aromatic nitrogens is 3. The Kier molecular flexibility index (Phi) is 5.15. The van der Waals surface area contributed by atoms with Gasteiger partial charge in [-0.05, 0) is 36.4 Å². The maximum atomic E-state index is 13.1. The van der Waals surface area contributed by atoms with Crippen molar-refractivity contribution in [1.29, 1.82) is 0 Å². The van der Waals surface area contributed by atoms with Crippen molar-refractivity contribution < 1.29 is 18.7 Å². The summed E-state index contributed by atoms with van der Waals surface area (Å²) in [5, 5.41) is 8.15. The maximum absolute atomic E-state index is 13.1. The van der Waals surface area contributed by atoms with Gasteiger partial charge in [0.05, 0.1) is 12.7 Å². The van der Waals surface area contributed by atoms with Crippen molar-refractivity contribution in [2.45, 2.75) is 12.6 Å². The predicted octanol–water partition coefficient (Wildman–Crippen LogP) is 2.22. The average molecular weight is 423 g/mol. The van der Waals surface area contributed by atoms with Gasteiger partial charge in [0.2, 0.25) is 0 Å². The van der Waals surface area contributed by atoms with E-state index >= 15 is 0 Å². The van der Waals surface area contributed by atoms with E-state index in [1.807, 2.05) is 24.3 Å². The molecule has 0 radical (unpaired) electrons. The number of fused-ring (bicyclic) bond motifs is 1. The summed E-state index contributed by atoms with van der Waals surface area (Å²) in [6.45, 7) is 3.34. The Bertz CT molecular complexity index is 1060. The van der Waals surface area contributed by atoms with Crippen molar-refractivity contribution >= 4 is 11.6 Å². The van der Waals surface area contributed by atoms with Gasteiger partial charge in [0, 0.05) is 31.9 Å². The number of amides is 1. The molecule has 2 aliphatic rings. The molecule has 1 amide bonds. The molecular formula is C22H22FN5O3. The molecule has 1 saturated heterocycles. The van der Waals surface area contributed by atoms with Crippen molar-refractivity contribution in [3.63, 3.8) is 0 Å². The molecule has 0 aliphatic carbocycles. The molecule has 160 valence electrons. The maximum Gasteiger partial charge on any atom is 0.276 e. The number of carbonyl (C=O) groups is 1. The quantitative estimate of drug-likeness (QED) is 0.641. The monoisotopic (exact) mass is 423 g/mol. The number of carbonyl (C=O) groups excluding carboxylic acids is 1. The number of ether oxygens (including phenoxy) is 2. The van der Waals surface area contributed by atoms with Crippen LogP contribution in [0.3, 0.4) is 0 Å². The molecule has 9 heteroatoms. The first-order valence-electron chi connectivity index (χ1n) is 10.2. The number of hydrogen-bond acceptors (Lipinski definition) is 6. The number of para-hydroxylation sites is 2. The van der Waals surface area contributed by atoms with Crippen LogP contribution in [0.25, 0.3) is 0 Å². The van der Waals surface area contributed by atoms with E-state index in [-0.39, 0.29) is 17.8 Å². The van der Waals surface area contributed by atoms with Crippen LogP contribution in [0.15, 0.2) is 54.7 Å². The van der Waals surface area contributed by atoms with E-state index in [0.717, 1.165) is 11.4 Å². The van der Waals surface area contributed by atoms with Gasteiger partial charge >= 0.3 is 0 Å². The Morgan fingerprint density at radius 1 is 1.03 bits per heavy atom. The Morgan fingerprint density at radius 3 is 2.55 bits per heavy atom. The topological polar surface area (TPSA) is 72.7 Å². The lowest BCUT2D eigenvalue weighted by Gasteiger charge is -2.35. The molecule has 3 heterocycles. The number of rotatable bonds is 4. The van der Waals surface area contributed by atoms with Gasteiger partial charge in [0.25, 0.3) is 5.91 Å². The summed E-state index contributed by atoms with van der Waals surface area (Å²) in [4.78, 5) is 16.7. The van der Waals surface area contributed by atoms with E-state index < -0.39 is 0 Å². The molecule has 2 aliphatic heterocycles. The lowest BCUT2D eigenvalue weighted by Crippen LogP contribution is -2.48. The normalized spacial score (nSPS) is 18.2. The smallest absolute Gasteiger partial charge is 0.276 e. The van der Waals surface area contributed by atoms with Gasteiger partial charge in [-0.2, -0.15) is 0 Å².